The molecule has 0 spiro atoms. The van der Waals surface area contributed by atoms with Crippen molar-refractivity contribution >= 4 is 28.8 Å². The zero-order chi connectivity index (χ0) is 19.8. The molecule has 0 saturated carbocycles. The van der Waals surface area contributed by atoms with Crippen LogP contribution in [0.5, 0.6) is 5.75 Å². The molecule has 1 N–H and O–H groups in total. The first kappa shape index (κ1) is 18.6. The summed E-state index contributed by atoms with van der Waals surface area (Å²) < 4.78 is 5.19. The molecule has 140 valence electrons. The molecule has 0 fully saturated rings. The largest absolute Gasteiger partial charge is 0.476 e. The first-order valence-electron chi connectivity index (χ1n) is 8.21. The minimum atomic E-state index is -0.671. The third-order valence-electron chi connectivity index (χ3n) is 3.47. The van der Waals surface area contributed by atoms with Crippen molar-refractivity contribution in [2.24, 2.45) is 10.2 Å². The monoisotopic (exact) mass is 377 g/mol. The average Bonchev–Trinajstić information content (AvgIpc) is 2.72. The van der Waals surface area contributed by atoms with Crippen LogP contribution in [-0.4, -0.2) is 22.4 Å². The van der Waals surface area contributed by atoms with E-state index in [2.05, 4.69) is 20.5 Å². The number of ether oxygens (including phenoxy) is 1. The Balaban J connectivity index is 1.55. The van der Waals surface area contributed by atoms with Gasteiger partial charge in [-0.15, -0.1) is 0 Å². The number of anilines is 1. The smallest absolute Gasteiger partial charge is 0.406 e. The number of amides is 1. The molecule has 3 aromatic rings. The highest BCUT2D eigenvalue weighted by Gasteiger charge is 2.16. The summed E-state index contributed by atoms with van der Waals surface area (Å²) in [6.07, 6.45) is 1.28. The van der Waals surface area contributed by atoms with E-state index in [-0.39, 0.29) is 12.4 Å². The molecular weight excluding hydrogens is 362 g/mol. The van der Waals surface area contributed by atoms with Crippen LogP contribution in [0.4, 0.5) is 22.9 Å². The first-order valence-corrected chi connectivity index (χ1v) is 8.21. The fourth-order valence-corrected chi connectivity index (χ4v) is 2.19. The van der Waals surface area contributed by atoms with Gasteiger partial charge < -0.3 is 20.2 Å². The van der Waals surface area contributed by atoms with Gasteiger partial charge in [0, 0.05) is 5.69 Å². The van der Waals surface area contributed by atoms with E-state index in [4.69, 9.17) is 4.74 Å². The maximum Gasteiger partial charge on any atom is 0.406 e. The second-order valence-electron chi connectivity index (χ2n) is 5.50. The van der Waals surface area contributed by atoms with Crippen molar-refractivity contribution in [3.63, 3.8) is 0 Å². The van der Waals surface area contributed by atoms with Crippen LogP contribution in [0, 0.1) is 10.1 Å². The molecular formula is C19H15N5O4. The number of nitro groups is 1. The van der Waals surface area contributed by atoms with Crippen LogP contribution in [0.3, 0.4) is 0 Å². The summed E-state index contributed by atoms with van der Waals surface area (Å²) in [5.41, 5.74) is 1.90. The van der Waals surface area contributed by atoms with E-state index in [1.54, 1.807) is 24.3 Å². The van der Waals surface area contributed by atoms with Crippen LogP contribution in [0.2, 0.25) is 0 Å². The van der Waals surface area contributed by atoms with Crippen LogP contribution in [0.1, 0.15) is 0 Å². The molecule has 2 aromatic carbocycles. The number of rotatable bonds is 7. The zero-order valence-corrected chi connectivity index (χ0v) is 14.6. The van der Waals surface area contributed by atoms with Crippen LogP contribution in [0.25, 0.3) is 0 Å². The third-order valence-corrected chi connectivity index (χ3v) is 3.47. The Morgan fingerprint density at radius 2 is 1.68 bits per heavy atom. The maximum atomic E-state index is 12.0. The number of hydrogen-bond donors (Lipinski definition) is 1. The van der Waals surface area contributed by atoms with Crippen LogP contribution < -0.4 is 10.1 Å². The Morgan fingerprint density at radius 3 is 2.36 bits per heavy atom. The van der Waals surface area contributed by atoms with Gasteiger partial charge in [-0.3, -0.25) is 4.79 Å². The van der Waals surface area contributed by atoms with E-state index in [1.807, 2.05) is 30.3 Å². The van der Waals surface area contributed by atoms with Gasteiger partial charge in [-0.1, -0.05) is 18.2 Å². The molecule has 1 heterocycles. The molecule has 1 aromatic heterocycles. The van der Waals surface area contributed by atoms with E-state index in [0.29, 0.717) is 11.4 Å². The number of nitrogens with one attached hydrogen (secondary N) is 1. The first-order chi connectivity index (χ1) is 13.6. The van der Waals surface area contributed by atoms with E-state index in [9.17, 15) is 14.9 Å². The van der Waals surface area contributed by atoms with Gasteiger partial charge in [0.15, 0.2) is 6.61 Å². The zero-order valence-electron chi connectivity index (χ0n) is 14.6. The van der Waals surface area contributed by atoms with Crippen molar-refractivity contribution in [2.45, 2.75) is 0 Å². The fourth-order valence-electron chi connectivity index (χ4n) is 2.19. The Hall–Kier alpha value is -4.14. The summed E-state index contributed by atoms with van der Waals surface area (Å²) in [4.78, 5) is 25.8. The number of azo groups is 1. The number of aromatic nitrogens is 1. The summed E-state index contributed by atoms with van der Waals surface area (Å²) in [6, 6.07) is 18.9. The molecule has 0 unspecified atom stereocenters. The molecule has 0 aliphatic heterocycles. The Bertz CT molecular complexity index is 991. The number of carbonyl (C=O) groups excluding carboxylic acids is 1. The maximum absolute atomic E-state index is 12.0. The van der Waals surface area contributed by atoms with Crippen LogP contribution in [-0.2, 0) is 4.79 Å². The minimum absolute atomic E-state index is 0.0701. The lowest BCUT2D eigenvalue weighted by molar-refractivity contribution is -0.390. The van der Waals surface area contributed by atoms with Crippen LogP contribution in [0.15, 0.2) is 83.2 Å². The molecule has 0 bridgehead atoms. The van der Waals surface area contributed by atoms with Gasteiger partial charge in [0.05, 0.1) is 11.4 Å². The molecule has 1 amide bonds. The van der Waals surface area contributed by atoms with Gasteiger partial charge in [0.25, 0.3) is 5.91 Å². The van der Waals surface area contributed by atoms with E-state index >= 15 is 0 Å². The Morgan fingerprint density at radius 1 is 1.00 bits per heavy atom. The number of nitrogens with zero attached hydrogens (tertiary/aromatic N) is 4. The van der Waals surface area contributed by atoms with Gasteiger partial charge in [-0.25, -0.2) is 0 Å². The van der Waals surface area contributed by atoms with E-state index in [1.165, 1.54) is 18.3 Å². The highest BCUT2D eigenvalue weighted by atomic mass is 16.6. The predicted molar refractivity (Wildman–Crippen MR) is 102 cm³/mol. The van der Waals surface area contributed by atoms with Crippen molar-refractivity contribution < 1.29 is 14.5 Å². The van der Waals surface area contributed by atoms with Crippen molar-refractivity contribution in [3.05, 3.63) is 83.0 Å². The lowest BCUT2D eigenvalue weighted by atomic mass is 10.3. The third kappa shape index (κ3) is 5.18. The van der Waals surface area contributed by atoms with Crippen molar-refractivity contribution in [1.82, 2.24) is 4.98 Å². The van der Waals surface area contributed by atoms with E-state index in [0.717, 1.165) is 5.69 Å². The molecule has 9 nitrogen and oxygen atoms in total. The lowest BCUT2D eigenvalue weighted by Crippen LogP contribution is -2.20. The summed E-state index contributed by atoms with van der Waals surface area (Å²) >= 11 is 0. The Kier molecular flexibility index (Phi) is 5.99. The van der Waals surface area contributed by atoms with Gasteiger partial charge in [0.2, 0.25) is 5.75 Å². The summed E-state index contributed by atoms with van der Waals surface area (Å²) in [5, 5.41) is 21.7. The molecule has 9 heteroatoms. The molecule has 0 aliphatic rings. The van der Waals surface area contributed by atoms with E-state index < -0.39 is 16.6 Å². The molecule has 28 heavy (non-hydrogen) atoms. The van der Waals surface area contributed by atoms with Crippen molar-refractivity contribution in [1.29, 1.82) is 0 Å². The second-order valence-corrected chi connectivity index (χ2v) is 5.50. The van der Waals surface area contributed by atoms with Gasteiger partial charge in [-0.2, -0.15) is 10.2 Å². The average molecular weight is 377 g/mol. The van der Waals surface area contributed by atoms with Gasteiger partial charge >= 0.3 is 5.82 Å². The molecule has 0 radical (unpaired) electrons. The highest BCUT2D eigenvalue weighted by molar-refractivity contribution is 5.92. The topological polar surface area (TPSA) is 119 Å². The standard InChI is InChI=1S/C19H15N5O4/c25-18(13-28-17-7-4-12-20-19(17)24(26)27)21-14-8-10-16(11-9-14)23-22-15-5-2-1-3-6-15/h1-12H,13H2,(H,21,25). The predicted octanol–water partition coefficient (Wildman–Crippen LogP) is 4.42. The normalized spacial score (nSPS) is 10.6. The second kappa shape index (κ2) is 8.99. The van der Waals surface area contributed by atoms with Crippen molar-refractivity contribution in [3.8, 4) is 5.75 Å². The van der Waals surface area contributed by atoms with Crippen molar-refractivity contribution in [2.75, 3.05) is 11.9 Å². The number of benzene rings is 2. The number of hydrogen-bond acceptors (Lipinski definition) is 7. The van der Waals surface area contributed by atoms with Gasteiger partial charge in [-0.05, 0) is 58.4 Å². The number of carbonyl (C=O) groups is 1. The highest BCUT2D eigenvalue weighted by Crippen LogP contribution is 2.23. The summed E-state index contributed by atoms with van der Waals surface area (Å²) in [5.74, 6) is -0.973. The SMILES string of the molecule is O=C(COc1cccnc1[N+](=O)[O-])Nc1ccc(N=Nc2ccccc2)cc1. The molecule has 0 atom stereocenters. The quantitative estimate of drug-likeness (QED) is 0.371. The molecule has 0 saturated heterocycles. The van der Waals surface area contributed by atoms with Gasteiger partial charge in [0.1, 0.15) is 6.20 Å². The minimum Gasteiger partial charge on any atom is -0.476 e. The summed E-state index contributed by atoms with van der Waals surface area (Å²) in [6.45, 7) is -0.387. The lowest BCUT2D eigenvalue weighted by Gasteiger charge is -2.07. The van der Waals surface area contributed by atoms with Crippen LogP contribution >= 0.6 is 0 Å². The summed E-state index contributed by atoms with van der Waals surface area (Å²) in [7, 11) is 0. The fraction of sp³-hybridized carbons (Fsp3) is 0.0526. The Labute approximate surface area is 159 Å². The molecule has 3 rings (SSSR count). The molecule has 0 aliphatic carbocycles. The number of pyridine rings is 1.